The van der Waals surface area contributed by atoms with Gasteiger partial charge in [0.15, 0.2) is 12.4 Å². The van der Waals surface area contributed by atoms with Gasteiger partial charge < -0.3 is 14.2 Å². The van der Waals surface area contributed by atoms with Crippen LogP contribution in [0.15, 0.2) is 30.3 Å². The molecular formula is C18H23NO7. The van der Waals surface area contributed by atoms with Crippen molar-refractivity contribution in [2.24, 2.45) is 5.92 Å². The molecule has 8 heteroatoms. The van der Waals surface area contributed by atoms with Crippen molar-refractivity contribution >= 4 is 11.9 Å². The Morgan fingerprint density at radius 2 is 1.81 bits per heavy atom. The van der Waals surface area contributed by atoms with Crippen molar-refractivity contribution < 1.29 is 33.5 Å². The number of benzene rings is 1. The van der Waals surface area contributed by atoms with Gasteiger partial charge in [0, 0.05) is 18.9 Å². The molecule has 5 atom stereocenters. The second-order valence-corrected chi connectivity index (χ2v) is 6.12. The van der Waals surface area contributed by atoms with Crippen molar-refractivity contribution in [3.63, 3.8) is 0 Å². The van der Waals surface area contributed by atoms with Crippen LogP contribution in [0.5, 0.6) is 0 Å². The number of fused-ring (bicyclic) bond motifs is 1. The fraction of sp³-hybridized carbons (Fsp3) is 0.556. The highest BCUT2D eigenvalue weighted by Crippen LogP contribution is 2.44. The molecule has 2 aliphatic heterocycles. The molecule has 2 heterocycles. The Morgan fingerprint density at radius 1 is 1.12 bits per heavy atom. The summed E-state index contributed by atoms with van der Waals surface area (Å²) in [6, 6.07) is 9.16. The maximum Gasteiger partial charge on any atom is 0.338 e. The summed E-state index contributed by atoms with van der Waals surface area (Å²) in [7, 11) is 2.53. The first-order valence-corrected chi connectivity index (χ1v) is 8.55. The lowest BCUT2D eigenvalue weighted by atomic mass is 9.79. The number of hydrogen-bond acceptors (Lipinski definition) is 8. The second-order valence-electron chi connectivity index (χ2n) is 6.12. The van der Waals surface area contributed by atoms with Crippen molar-refractivity contribution in [1.82, 2.24) is 5.23 Å². The predicted molar refractivity (Wildman–Crippen MR) is 88.3 cm³/mol. The highest BCUT2D eigenvalue weighted by molar-refractivity contribution is 5.85. The Labute approximate surface area is 151 Å². The quantitative estimate of drug-likeness (QED) is 0.725. The van der Waals surface area contributed by atoms with Crippen molar-refractivity contribution in [2.45, 2.75) is 37.7 Å². The lowest BCUT2D eigenvalue weighted by molar-refractivity contribution is -0.436. The number of hydrogen-bond donors (Lipinski definition) is 0. The van der Waals surface area contributed by atoms with E-state index < -0.39 is 36.3 Å². The highest BCUT2D eigenvalue weighted by Gasteiger charge is 2.58. The first-order chi connectivity index (χ1) is 12.6. The lowest BCUT2D eigenvalue weighted by Gasteiger charge is -2.39. The zero-order valence-corrected chi connectivity index (χ0v) is 15.0. The van der Waals surface area contributed by atoms with Crippen LogP contribution in [0.2, 0.25) is 0 Å². The second kappa shape index (κ2) is 8.13. The molecule has 2 aliphatic rings. The van der Waals surface area contributed by atoms with E-state index in [2.05, 4.69) is 0 Å². The van der Waals surface area contributed by atoms with E-state index in [-0.39, 0.29) is 5.92 Å². The first kappa shape index (κ1) is 18.8. The van der Waals surface area contributed by atoms with Gasteiger partial charge in [-0.15, -0.1) is 0 Å². The minimum atomic E-state index is -1.14. The first-order valence-electron chi connectivity index (χ1n) is 8.55. The summed E-state index contributed by atoms with van der Waals surface area (Å²) in [6.45, 7) is 2.33. The number of esters is 2. The van der Waals surface area contributed by atoms with E-state index in [1.165, 1.54) is 19.4 Å². The molecule has 0 amide bonds. The highest BCUT2D eigenvalue weighted by atomic mass is 17.0. The number of nitrogens with zero attached hydrogens (tertiary/aromatic N) is 1. The molecule has 142 valence electrons. The summed E-state index contributed by atoms with van der Waals surface area (Å²) >= 11 is 0. The maximum atomic E-state index is 12.5. The molecule has 0 aromatic heterocycles. The van der Waals surface area contributed by atoms with Crippen molar-refractivity contribution in [3.8, 4) is 0 Å². The number of methoxy groups -OCH3 is 2. The van der Waals surface area contributed by atoms with E-state index in [9.17, 15) is 9.59 Å². The molecule has 1 aromatic rings. The van der Waals surface area contributed by atoms with Crippen molar-refractivity contribution in [3.05, 3.63) is 35.9 Å². The summed E-state index contributed by atoms with van der Waals surface area (Å²) in [5.74, 6) is -2.23. The fourth-order valence-corrected chi connectivity index (χ4v) is 3.58. The van der Waals surface area contributed by atoms with Crippen LogP contribution in [0.25, 0.3) is 0 Å². The van der Waals surface area contributed by atoms with Crippen molar-refractivity contribution in [2.75, 3.05) is 20.8 Å². The monoisotopic (exact) mass is 365 g/mol. The number of carbonyl (C=O) groups excluding carboxylic acids is 2. The zero-order valence-electron chi connectivity index (χ0n) is 15.0. The Kier molecular flexibility index (Phi) is 5.87. The van der Waals surface area contributed by atoms with Crippen LogP contribution >= 0.6 is 0 Å². The molecule has 0 unspecified atom stereocenters. The molecule has 0 radical (unpaired) electrons. The fourth-order valence-electron chi connectivity index (χ4n) is 3.58. The third-order valence-electron chi connectivity index (χ3n) is 4.72. The molecule has 0 spiro atoms. The van der Waals surface area contributed by atoms with E-state index in [1.54, 1.807) is 0 Å². The third-order valence-corrected chi connectivity index (χ3v) is 4.72. The smallest absolute Gasteiger partial charge is 0.338 e. The lowest BCUT2D eigenvalue weighted by Crippen LogP contribution is -2.49. The van der Waals surface area contributed by atoms with E-state index in [4.69, 9.17) is 23.9 Å². The minimum absolute atomic E-state index is 0.153. The van der Waals surface area contributed by atoms with Crippen LogP contribution in [-0.2, 0) is 33.5 Å². The van der Waals surface area contributed by atoms with E-state index >= 15 is 0 Å². The molecule has 1 aromatic carbocycles. The van der Waals surface area contributed by atoms with Gasteiger partial charge >= 0.3 is 11.9 Å². The zero-order chi connectivity index (χ0) is 18.7. The summed E-state index contributed by atoms with van der Waals surface area (Å²) in [5.41, 5.74) is 0.999. The van der Waals surface area contributed by atoms with E-state index in [0.717, 1.165) is 5.56 Å². The van der Waals surface area contributed by atoms with Gasteiger partial charge in [-0.05, 0) is 12.5 Å². The van der Waals surface area contributed by atoms with Crippen LogP contribution in [0, 0.1) is 5.92 Å². The number of ether oxygens (including phenoxy) is 3. The van der Waals surface area contributed by atoms with Crippen LogP contribution in [0.1, 0.15) is 24.8 Å². The summed E-state index contributed by atoms with van der Waals surface area (Å²) in [4.78, 5) is 36.0. The normalized spacial score (nSPS) is 31.3. The average molecular weight is 365 g/mol. The third kappa shape index (κ3) is 3.45. The Hall–Kier alpha value is -2.00. The van der Waals surface area contributed by atoms with E-state index in [0.29, 0.717) is 13.0 Å². The molecule has 0 bridgehead atoms. The molecular weight excluding hydrogens is 342 g/mol. The minimum Gasteiger partial charge on any atom is -0.469 e. The van der Waals surface area contributed by atoms with E-state index in [1.807, 2.05) is 37.3 Å². The maximum absolute atomic E-state index is 12.5. The van der Waals surface area contributed by atoms with Gasteiger partial charge in [0.1, 0.15) is 5.92 Å². The number of hydroxylamine groups is 2. The van der Waals surface area contributed by atoms with Crippen LogP contribution in [0.4, 0.5) is 0 Å². The largest absolute Gasteiger partial charge is 0.469 e. The number of rotatable bonds is 5. The van der Waals surface area contributed by atoms with Gasteiger partial charge in [-0.3, -0.25) is 9.63 Å². The Bertz CT molecular complexity index is 638. The van der Waals surface area contributed by atoms with Gasteiger partial charge in [-0.1, -0.05) is 35.6 Å². The average Bonchev–Trinajstić information content (AvgIpc) is 3.06. The van der Waals surface area contributed by atoms with Gasteiger partial charge in [0.05, 0.1) is 20.3 Å². The standard InChI is InChI=1S/C18H23NO7/c1-4-24-13-10-12(11-8-6-5-7-9-11)15-14(17(20)22-2)16(18(21)23-3)26-19(15)25-13/h5-9,12-16H,4,10H2,1-3H3/t12-,13+,14+,15+,16-/m1/s1. The molecule has 0 N–H and O–H groups in total. The Morgan fingerprint density at radius 3 is 2.42 bits per heavy atom. The summed E-state index contributed by atoms with van der Waals surface area (Å²) in [6.07, 6.45) is -1.16. The molecule has 0 saturated carbocycles. The molecule has 8 nitrogen and oxygen atoms in total. The predicted octanol–water partition coefficient (Wildman–Crippen LogP) is 1.41. The van der Waals surface area contributed by atoms with Gasteiger partial charge in [-0.2, -0.15) is 0 Å². The number of carbonyl (C=O) groups is 2. The SMILES string of the molecule is CCO[C@@H]1C[C@H](c2ccccc2)[C@H]2[C@H](C(=O)OC)[C@H](C(=O)OC)ON2O1. The molecule has 0 aliphatic carbocycles. The molecule has 2 saturated heterocycles. The summed E-state index contributed by atoms with van der Waals surface area (Å²) < 4.78 is 15.3. The van der Waals surface area contributed by atoms with Gasteiger partial charge in [-0.25, -0.2) is 9.63 Å². The van der Waals surface area contributed by atoms with Crippen LogP contribution in [-0.4, -0.2) is 56.4 Å². The molecule has 2 fully saturated rings. The van der Waals surface area contributed by atoms with Gasteiger partial charge in [0.2, 0.25) is 0 Å². The Balaban J connectivity index is 1.99. The molecule has 3 rings (SSSR count). The van der Waals surface area contributed by atoms with Crippen molar-refractivity contribution in [1.29, 1.82) is 0 Å². The van der Waals surface area contributed by atoms with Gasteiger partial charge in [0.25, 0.3) is 0 Å². The molecule has 26 heavy (non-hydrogen) atoms. The van der Waals surface area contributed by atoms with Crippen LogP contribution in [0.3, 0.4) is 0 Å². The topological polar surface area (TPSA) is 83.5 Å². The summed E-state index contributed by atoms with van der Waals surface area (Å²) in [5, 5.41) is 1.21. The van der Waals surface area contributed by atoms with Crippen LogP contribution < -0.4 is 0 Å².